The second kappa shape index (κ2) is 3.80. The molecular weight excluding hydrogens is 148 g/mol. The van der Waals surface area contributed by atoms with Crippen LogP contribution in [-0.2, 0) is 29.5 Å². The van der Waals surface area contributed by atoms with Gasteiger partial charge in [0.1, 0.15) is 0 Å². The van der Waals surface area contributed by atoms with Crippen molar-refractivity contribution in [2.24, 2.45) is 0 Å². The van der Waals surface area contributed by atoms with Gasteiger partial charge in [-0.3, -0.25) is 4.79 Å². The number of hydrogen-bond acceptors (Lipinski definition) is 5. The van der Waals surface area contributed by atoms with Crippen LogP contribution in [0.4, 0.5) is 4.79 Å². The van der Waals surface area contributed by atoms with Crippen LogP contribution in [-0.4, -0.2) is 11.9 Å². The highest BCUT2D eigenvalue weighted by Gasteiger charge is 1.84. The summed E-state index contributed by atoms with van der Waals surface area (Å²) in [6.45, 7) is 1.85. The Morgan fingerprint density at radius 3 is 2.50 bits per heavy atom. The fraction of sp³-hybridized carbons (Fsp3) is 0.667. The van der Waals surface area contributed by atoms with Crippen molar-refractivity contribution in [1.82, 2.24) is 0 Å². The van der Waals surface area contributed by atoms with Crippen molar-refractivity contribution in [1.29, 1.82) is 0 Å². The first-order valence-electron chi connectivity index (χ1n) is 1.94. The minimum atomic E-state index is -1.89. The Labute approximate surface area is 53.7 Å². The highest BCUT2D eigenvalue weighted by atomic mass is 32.8. The van der Waals surface area contributed by atoms with E-state index >= 15 is 0 Å². The smallest absolute Gasteiger partial charge is 0.250 e. The lowest BCUT2D eigenvalue weighted by Gasteiger charge is -1.98. The lowest BCUT2D eigenvalue weighted by atomic mass is 10.9. The van der Waals surface area contributed by atoms with E-state index in [1.165, 1.54) is 0 Å². The first kappa shape index (κ1) is 7.84. The summed E-state index contributed by atoms with van der Waals surface area (Å²) in [5.74, 6) is 0. The fourth-order valence-electron chi connectivity index (χ4n) is 0.166. The van der Waals surface area contributed by atoms with Crippen molar-refractivity contribution in [2.45, 2.75) is 6.92 Å². The SMILES string of the molecule is CCOC(=O)[S-](=O)=S. The van der Waals surface area contributed by atoms with Gasteiger partial charge in [-0.25, -0.2) is 11.2 Å². The summed E-state index contributed by atoms with van der Waals surface area (Å²) in [4.78, 5) is 10.1. The maximum absolute atomic E-state index is 10.1. The predicted octanol–water partition coefficient (Wildman–Crippen LogP) is 0.569. The summed E-state index contributed by atoms with van der Waals surface area (Å²) in [5, 5.41) is -0.831. The summed E-state index contributed by atoms with van der Waals surface area (Å²) in [6.07, 6.45) is 0. The van der Waals surface area contributed by atoms with E-state index in [1.807, 2.05) is 0 Å². The zero-order chi connectivity index (χ0) is 6.57. The molecule has 0 saturated heterocycles. The zero-order valence-corrected chi connectivity index (χ0v) is 5.88. The third kappa shape index (κ3) is 2.92. The van der Waals surface area contributed by atoms with Gasteiger partial charge in [-0.1, -0.05) is 0 Å². The second-order valence-electron chi connectivity index (χ2n) is 0.918. The van der Waals surface area contributed by atoms with Gasteiger partial charge in [-0.15, -0.1) is 9.36 Å². The van der Waals surface area contributed by atoms with Crippen molar-refractivity contribution in [3.8, 4) is 0 Å². The average Bonchev–Trinajstić information content (AvgIpc) is 1.67. The Kier molecular flexibility index (Phi) is 3.72. The van der Waals surface area contributed by atoms with Crippen LogP contribution in [0.1, 0.15) is 6.92 Å². The molecule has 8 heavy (non-hydrogen) atoms. The first-order valence-corrected chi connectivity index (χ1v) is 4.02. The molecule has 0 aliphatic carbocycles. The van der Waals surface area contributed by atoms with Crippen LogP contribution in [0.15, 0.2) is 0 Å². The Bertz CT molecular complexity index is 141. The molecule has 0 aliphatic heterocycles. The molecule has 0 N–H and O–H groups in total. The van der Waals surface area contributed by atoms with Crippen LogP contribution in [0.2, 0.25) is 0 Å². The van der Waals surface area contributed by atoms with E-state index in [1.54, 1.807) is 6.92 Å². The van der Waals surface area contributed by atoms with Crippen LogP contribution in [0.25, 0.3) is 0 Å². The zero-order valence-electron chi connectivity index (χ0n) is 4.25. The normalized spacial score (nSPS) is 9.25. The van der Waals surface area contributed by atoms with Gasteiger partial charge < -0.3 is 8.95 Å². The Morgan fingerprint density at radius 1 is 1.88 bits per heavy atom. The van der Waals surface area contributed by atoms with E-state index in [9.17, 15) is 9.00 Å². The van der Waals surface area contributed by atoms with E-state index in [0.29, 0.717) is 0 Å². The monoisotopic (exact) mass is 153 g/mol. The first-order chi connectivity index (χ1) is 3.68. The molecule has 0 spiro atoms. The summed E-state index contributed by atoms with van der Waals surface area (Å²) < 4.78 is 14.2. The number of hydrogen-bond donors (Lipinski definition) is 0. The van der Waals surface area contributed by atoms with Crippen LogP contribution in [0.3, 0.4) is 0 Å². The Morgan fingerprint density at radius 2 is 2.38 bits per heavy atom. The molecule has 3 nitrogen and oxygen atoms in total. The summed E-state index contributed by atoms with van der Waals surface area (Å²) >= 11 is 4.06. The van der Waals surface area contributed by atoms with Gasteiger partial charge in [0.2, 0.25) is 0 Å². The van der Waals surface area contributed by atoms with E-state index in [-0.39, 0.29) is 6.61 Å². The maximum atomic E-state index is 10.1. The van der Waals surface area contributed by atoms with Crippen LogP contribution in [0, 0.1) is 0 Å². The molecule has 0 heterocycles. The van der Waals surface area contributed by atoms with Gasteiger partial charge >= 0.3 is 0 Å². The average molecular weight is 153 g/mol. The van der Waals surface area contributed by atoms with Gasteiger partial charge in [0, 0.05) is 0 Å². The van der Waals surface area contributed by atoms with E-state index in [2.05, 4.69) is 15.9 Å². The number of ether oxygens (including phenoxy) is 1. The highest BCUT2D eigenvalue weighted by Crippen LogP contribution is 1.79. The minimum absolute atomic E-state index is 0.223. The maximum Gasteiger partial charge on any atom is 0.250 e. The third-order valence-corrected chi connectivity index (χ3v) is 1.20. The van der Waals surface area contributed by atoms with Gasteiger partial charge in [0.25, 0.3) is 5.30 Å². The minimum Gasteiger partial charge on any atom is -0.480 e. The standard InChI is InChI=1S/C3H5O3S2/c1-2-6-3(4)8(5)7/h2H2,1H3/q-1. The summed E-state index contributed by atoms with van der Waals surface area (Å²) in [7, 11) is -1.89. The molecule has 5 heteroatoms. The van der Waals surface area contributed by atoms with Gasteiger partial charge in [-0.05, 0) is 6.92 Å². The van der Waals surface area contributed by atoms with E-state index in [0.717, 1.165) is 0 Å². The van der Waals surface area contributed by atoms with Crippen LogP contribution < -0.4 is 0 Å². The Balaban J connectivity index is 3.67. The van der Waals surface area contributed by atoms with Gasteiger partial charge in [0.05, 0.1) is 6.61 Å². The predicted molar refractivity (Wildman–Crippen MR) is 32.4 cm³/mol. The Hall–Kier alpha value is -0.160. The van der Waals surface area contributed by atoms with Gasteiger partial charge in [0.15, 0.2) is 0 Å². The molecule has 0 bridgehead atoms. The quantitative estimate of drug-likeness (QED) is 0.408. The topological polar surface area (TPSA) is 43.4 Å². The largest absolute Gasteiger partial charge is 0.480 e. The van der Waals surface area contributed by atoms with E-state index < -0.39 is 14.7 Å². The molecule has 0 saturated carbocycles. The highest BCUT2D eigenvalue weighted by molar-refractivity contribution is 8.29. The van der Waals surface area contributed by atoms with E-state index in [4.69, 9.17) is 0 Å². The van der Waals surface area contributed by atoms with Crippen molar-refractivity contribution in [2.75, 3.05) is 6.61 Å². The molecule has 0 aromatic heterocycles. The molecule has 0 aliphatic rings. The van der Waals surface area contributed by atoms with Crippen molar-refractivity contribution < 1.29 is 13.7 Å². The summed E-state index contributed by atoms with van der Waals surface area (Å²) in [5.41, 5.74) is 0. The van der Waals surface area contributed by atoms with Crippen LogP contribution >= 0.6 is 0 Å². The molecule has 0 aromatic rings. The molecular formula is C3H5O3S2-. The van der Waals surface area contributed by atoms with Crippen LogP contribution in [0.5, 0.6) is 0 Å². The third-order valence-electron chi connectivity index (χ3n) is 0.398. The number of carbonyl (C=O) groups excluding carboxylic acids is 1. The number of carbonyl (C=O) groups is 1. The fourth-order valence-corrected chi connectivity index (χ4v) is 0.524. The molecule has 0 fully saturated rings. The van der Waals surface area contributed by atoms with Crippen molar-refractivity contribution in [3.05, 3.63) is 0 Å². The number of rotatable bonds is 1. The lowest BCUT2D eigenvalue weighted by Crippen LogP contribution is -2.00. The summed E-state index contributed by atoms with van der Waals surface area (Å²) in [6, 6.07) is 0. The van der Waals surface area contributed by atoms with Crippen molar-refractivity contribution in [3.63, 3.8) is 0 Å². The van der Waals surface area contributed by atoms with Gasteiger partial charge in [-0.2, -0.15) is 0 Å². The molecule has 0 radical (unpaired) electrons. The molecule has 48 valence electrons. The molecule has 0 atom stereocenters. The molecule has 0 rings (SSSR count). The second-order valence-corrected chi connectivity index (χ2v) is 2.63. The lowest BCUT2D eigenvalue weighted by molar-refractivity contribution is 0.180. The molecule has 0 amide bonds. The van der Waals surface area contributed by atoms with Crippen molar-refractivity contribution >= 4 is 25.8 Å². The molecule has 0 aromatic carbocycles. The molecule has 0 unspecified atom stereocenters.